The van der Waals surface area contributed by atoms with E-state index in [4.69, 9.17) is 44.8 Å². The fraction of sp³-hybridized carbons (Fsp3) is 0.185. The maximum absolute atomic E-state index is 12.8. The lowest BCUT2D eigenvalue weighted by Gasteiger charge is -2.20. The van der Waals surface area contributed by atoms with Crippen LogP contribution in [0.15, 0.2) is 65.8 Å². The molecule has 0 heterocycles. The zero-order chi connectivity index (χ0) is 26.9. The van der Waals surface area contributed by atoms with E-state index in [9.17, 15) is 9.59 Å². The molecule has 2 amide bonds. The molecular formula is C27H23Cl3N4O3. The number of nitriles is 1. The minimum absolute atomic E-state index is 0.223. The Bertz CT molecular complexity index is 1350. The van der Waals surface area contributed by atoms with Crippen LogP contribution in [0.5, 0.6) is 5.75 Å². The van der Waals surface area contributed by atoms with Crippen molar-refractivity contribution in [2.45, 2.75) is 26.5 Å². The van der Waals surface area contributed by atoms with E-state index >= 15 is 0 Å². The Hall–Kier alpha value is -3.57. The predicted octanol–water partition coefficient (Wildman–Crippen LogP) is 6.00. The first kappa shape index (κ1) is 28.0. The van der Waals surface area contributed by atoms with E-state index in [1.807, 2.05) is 0 Å². The van der Waals surface area contributed by atoms with Gasteiger partial charge in [0.05, 0.1) is 27.9 Å². The Kier molecular flexibility index (Phi) is 9.93. The fourth-order valence-corrected chi connectivity index (χ4v) is 3.70. The van der Waals surface area contributed by atoms with Gasteiger partial charge < -0.3 is 10.1 Å². The molecule has 0 spiro atoms. The summed E-state index contributed by atoms with van der Waals surface area (Å²) in [6.45, 7) is 3.86. The van der Waals surface area contributed by atoms with Crippen LogP contribution in [0.3, 0.4) is 0 Å². The minimum atomic E-state index is -0.856. The maximum atomic E-state index is 12.8. The highest BCUT2D eigenvalue weighted by molar-refractivity contribution is 6.42. The van der Waals surface area contributed by atoms with Crippen molar-refractivity contribution in [3.63, 3.8) is 0 Å². The summed E-state index contributed by atoms with van der Waals surface area (Å²) in [6, 6.07) is 17.8. The summed E-state index contributed by atoms with van der Waals surface area (Å²) in [6.07, 6.45) is 1.41. The molecule has 7 nitrogen and oxygen atoms in total. The van der Waals surface area contributed by atoms with Crippen molar-refractivity contribution >= 4 is 52.8 Å². The van der Waals surface area contributed by atoms with E-state index in [0.29, 0.717) is 26.9 Å². The standard InChI is InChI=1S/C27H23Cl3N4O3/c1-16(2)25(33-26(35)19-7-9-22(29)23(30)12-19)27(36)34-32-14-20-11-21(28)8-10-24(20)37-15-18-5-3-17(13-31)4-6-18/h3-12,14,16,25H,15H2,1-2H3,(H,33,35)(H,34,36)/b32-14+. The van der Waals surface area contributed by atoms with E-state index in [0.717, 1.165) is 5.56 Å². The average Bonchev–Trinajstić information content (AvgIpc) is 2.88. The summed E-state index contributed by atoms with van der Waals surface area (Å²) >= 11 is 18.0. The van der Waals surface area contributed by atoms with Crippen molar-refractivity contribution in [2.75, 3.05) is 0 Å². The average molecular weight is 558 g/mol. The van der Waals surface area contributed by atoms with Gasteiger partial charge in [0.2, 0.25) is 0 Å². The lowest BCUT2D eigenvalue weighted by atomic mass is 10.0. The molecule has 3 aromatic rings. The molecule has 0 aliphatic heterocycles. The summed E-state index contributed by atoms with van der Waals surface area (Å²) in [4.78, 5) is 25.5. The van der Waals surface area contributed by atoms with E-state index in [1.54, 1.807) is 56.3 Å². The van der Waals surface area contributed by atoms with Crippen molar-refractivity contribution in [3.05, 3.63) is 98.0 Å². The molecule has 0 bridgehead atoms. The minimum Gasteiger partial charge on any atom is -0.488 e. The van der Waals surface area contributed by atoms with Crippen LogP contribution < -0.4 is 15.5 Å². The highest BCUT2D eigenvalue weighted by Crippen LogP contribution is 2.24. The van der Waals surface area contributed by atoms with Crippen molar-refractivity contribution in [1.82, 2.24) is 10.7 Å². The van der Waals surface area contributed by atoms with Crippen LogP contribution in [-0.4, -0.2) is 24.1 Å². The molecule has 0 saturated carbocycles. The van der Waals surface area contributed by atoms with Gasteiger partial charge in [-0.3, -0.25) is 9.59 Å². The molecule has 0 aliphatic rings. The largest absolute Gasteiger partial charge is 0.488 e. The van der Waals surface area contributed by atoms with Gasteiger partial charge >= 0.3 is 0 Å². The lowest BCUT2D eigenvalue weighted by Crippen LogP contribution is -2.48. The molecule has 0 radical (unpaired) electrons. The molecule has 1 unspecified atom stereocenters. The van der Waals surface area contributed by atoms with Gasteiger partial charge in [-0.2, -0.15) is 10.4 Å². The highest BCUT2D eigenvalue weighted by Gasteiger charge is 2.24. The molecule has 190 valence electrons. The van der Waals surface area contributed by atoms with Crippen LogP contribution >= 0.6 is 34.8 Å². The molecule has 0 aliphatic carbocycles. The van der Waals surface area contributed by atoms with Crippen molar-refractivity contribution in [3.8, 4) is 11.8 Å². The predicted molar refractivity (Wildman–Crippen MR) is 145 cm³/mol. The molecule has 1 atom stereocenters. The topological polar surface area (TPSA) is 104 Å². The van der Waals surface area contributed by atoms with E-state index in [2.05, 4.69) is 21.9 Å². The number of nitrogens with one attached hydrogen (secondary N) is 2. The second-order valence-corrected chi connectivity index (χ2v) is 9.59. The molecular weight excluding hydrogens is 535 g/mol. The summed E-state index contributed by atoms with van der Waals surface area (Å²) < 4.78 is 5.89. The van der Waals surface area contributed by atoms with Gasteiger partial charge in [-0.15, -0.1) is 0 Å². The number of amides is 2. The summed E-state index contributed by atoms with van der Waals surface area (Å²) in [5, 5.41) is 16.7. The molecule has 10 heteroatoms. The quantitative estimate of drug-likeness (QED) is 0.249. The number of carbonyl (C=O) groups is 2. The highest BCUT2D eigenvalue weighted by atomic mass is 35.5. The Morgan fingerprint density at radius 1 is 1.03 bits per heavy atom. The number of hydrogen-bond donors (Lipinski definition) is 2. The molecule has 3 rings (SSSR count). The van der Waals surface area contributed by atoms with Gasteiger partial charge in [-0.1, -0.05) is 60.8 Å². The first-order valence-electron chi connectivity index (χ1n) is 11.2. The molecule has 3 aromatic carbocycles. The fourth-order valence-electron chi connectivity index (χ4n) is 3.22. The maximum Gasteiger partial charge on any atom is 0.262 e. The Labute approximate surface area is 230 Å². The van der Waals surface area contributed by atoms with Crippen LogP contribution in [0.4, 0.5) is 0 Å². The summed E-state index contributed by atoms with van der Waals surface area (Å²) in [5.74, 6) is -0.689. The van der Waals surface area contributed by atoms with Crippen LogP contribution in [0.2, 0.25) is 15.1 Å². The lowest BCUT2D eigenvalue weighted by molar-refractivity contribution is -0.123. The molecule has 37 heavy (non-hydrogen) atoms. The van der Waals surface area contributed by atoms with Crippen molar-refractivity contribution in [2.24, 2.45) is 11.0 Å². The van der Waals surface area contributed by atoms with Crippen molar-refractivity contribution in [1.29, 1.82) is 5.26 Å². The number of ether oxygens (including phenoxy) is 1. The molecule has 0 aromatic heterocycles. The van der Waals surface area contributed by atoms with Gasteiger partial charge in [0, 0.05) is 16.1 Å². The third-order valence-corrected chi connectivity index (χ3v) is 6.22. The number of halogens is 3. The number of hydrogen-bond acceptors (Lipinski definition) is 5. The molecule has 2 N–H and O–H groups in total. The zero-order valence-electron chi connectivity index (χ0n) is 20.0. The van der Waals surface area contributed by atoms with Crippen LogP contribution in [0, 0.1) is 17.2 Å². The van der Waals surface area contributed by atoms with E-state index in [1.165, 1.54) is 24.4 Å². The Balaban J connectivity index is 1.66. The van der Waals surface area contributed by atoms with E-state index < -0.39 is 17.9 Å². The normalized spacial score (nSPS) is 11.7. The van der Waals surface area contributed by atoms with Gasteiger partial charge in [0.1, 0.15) is 18.4 Å². The number of benzene rings is 3. The van der Waals surface area contributed by atoms with Gasteiger partial charge in [0.15, 0.2) is 0 Å². The Morgan fingerprint density at radius 2 is 1.76 bits per heavy atom. The number of rotatable bonds is 9. The smallest absolute Gasteiger partial charge is 0.262 e. The second kappa shape index (κ2) is 13.1. The Morgan fingerprint density at radius 3 is 2.41 bits per heavy atom. The zero-order valence-corrected chi connectivity index (χ0v) is 22.2. The number of hydrazone groups is 1. The van der Waals surface area contributed by atoms with Gasteiger partial charge in [-0.05, 0) is 60.0 Å². The summed E-state index contributed by atoms with van der Waals surface area (Å²) in [7, 11) is 0. The van der Waals surface area contributed by atoms with E-state index in [-0.39, 0.29) is 23.1 Å². The van der Waals surface area contributed by atoms with Gasteiger partial charge in [0.25, 0.3) is 11.8 Å². The monoisotopic (exact) mass is 556 g/mol. The van der Waals surface area contributed by atoms with Crippen LogP contribution in [0.25, 0.3) is 0 Å². The molecule has 0 saturated heterocycles. The first-order chi connectivity index (χ1) is 17.7. The van der Waals surface area contributed by atoms with Crippen LogP contribution in [0.1, 0.15) is 40.9 Å². The first-order valence-corrected chi connectivity index (χ1v) is 12.3. The molecule has 0 fully saturated rings. The third-order valence-electron chi connectivity index (χ3n) is 5.25. The second-order valence-electron chi connectivity index (χ2n) is 8.34. The van der Waals surface area contributed by atoms with Crippen LogP contribution in [-0.2, 0) is 11.4 Å². The third kappa shape index (κ3) is 7.96. The van der Waals surface area contributed by atoms with Crippen molar-refractivity contribution < 1.29 is 14.3 Å². The number of nitrogens with zero attached hydrogens (tertiary/aromatic N) is 2. The SMILES string of the molecule is CC(C)C(NC(=O)c1ccc(Cl)c(Cl)c1)C(=O)N/N=C/c1cc(Cl)ccc1OCc1ccc(C#N)cc1. The number of carbonyl (C=O) groups excluding carboxylic acids is 2. The summed E-state index contributed by atoms with van der Waals surface area (Å²) in [5.41, 5.74) is 4.72. The van der Waals surface area contributed by atoms with Gasteiger partial charge in [-0.25, -0.2) is 5.43 Å².